The number of alkyl halides is 2. The second-order valence-corrected chi connectivity index (χ2v) is 8.03. The molecule has 0 bridgehead atoms. The van der Waals surface area contributed by atoms with Gasteiger partial charge < -0.3 is 10.1 Å². The summed E-state index contributed by atoms with van der Waals surface area (Å²) in [6.45, 7) is 0.540. The minimum Gasteiger partial charge on any atom is -0.434 e. The molecule has 0 aliphatic carbocycles. The van der Waals surface area contributed by atoms with Gasteiger partial charge in [-0.2, -0.15) is 8.78 Å². The molecule has 2 rings (SSSR count). The lowest BCUT2D eigenvalue weighted by molar-refractivity contribution is -0.0507. The number of carbonyl (C=O) groups is 1. The van der Waals surface area contributed by atoms with Crippen molar-refractivity contribution in [3.63, 3.8) is 0 Å². The third-order valence-electron chi connectivity index (χ3n) is 3.81. The van der Waals surface area contributed by atoms with Gasteiger partial charge in [0.2, 0.25) is 0 Å². The summed E-state index contributed by atoms with van der Waals surface area (Å²) in [6.07, 6.45) is 0.543. The average Bonchev–Trinajstić information content (AvgIpc) is 2.79. The quantitative estimate of drug-likeness (QED) is 0.885. The summed E-state index contributed by atoms with van der Waals surface area (Å²) in [7, 11) is -2.98. The Morgan fingerprint density at radius 1 is 1.35 bits per heavy atom. The zero-order chi connectivity index (χ0) is 17.2. The van der Waals surface area contributed by atoms with Crippen LogP contribution in [0.5, 0.6) is 5.75 Å². The minimum atomic E-state index is -2.98. The number of sulfone groups is 1. The van der Waals surface area contributed by atoms with Crippen molar-refractivity contribution in [1.29, 1.82) is 0 Å². The van der Waals surface area contributed by atoms with E-state index in [9.17, 15) is 22.0 Å². The Morgan fingerprint density at radius 2 is 1.96 bits per heavy atom. The highest BCUT2D eigenvalue weighted by atomic mass is 32.2. The second-order valence-electron chi connectivity index (χ2n) is 5.80. The van der Waals surface area contributed by atoms with Crippen LogP contribution in [-0.2, 0) is 9.84 Å². The standard InChI is InChI=1S/C15H19F2NO4S/c1-9-5-12(6-10(2)13(9)22-15(16)17)14(19)18-7-11-3-4-23(20,21)8-11/h5-6,11,15H,3-4,7-8H2,1-2H3,(H,18,19)/t11-/m0/s1. The van der Waals surface area contributed by atoms with Crippen LogP contribution in [0, 0.1) is 19.8 Å². The van der Waals surface area contributed by atoms with Crippen molar-refractivity contribution in [2.24, 2.45) is 5.92 Å². The van der Waals surface area contributed by atoms with E-state index in [4.69, 9.17) is 0 Å². The number of aryl methyl sites for hydroxylation is 2. The largest absolute Gasteiger partial charge is 0.434 e. The van der Waals surface area contributed by atoms with E-state index >= 15 is 0 Å². The zero-order valence-electron chi connectivity index (χ0n) is 12.9. The van der Waals surface area contributed by atoms with E-state index in [0.29, 0.717) is 23.1 Å². The summed E-state index contributed by atoms with van der Waals surface area (Å²) in [5.41, 5.74) is 1.22. The van der Waals surface area contributed by atoms with Gasteiger partial charge in [-0.3, -0.25) is 4.79 Å². The molecule has 1 fully saturated rings. The molecule has 5 nitrogen and oxygen atoms in total. The van der Waals surface area contributed by atoms with Crippen molar-refractivity contribution >= 4 is 15.7 Å². The molecule has 0 spiro atoms. The normalized spacial score (nSPS) is 19.8. The molecule has 1 saturated heterocycles. The lowest BCUT2D eigenvalue weighted by Crippen LogP contribution is -2.30. The topological polar surface area (TPSA) is 72.5 Å². The van der Waals surface area contributed by atoms with Crippen LogP contribution in [-0.4, -0.2) is 39.0 Å². The average molecular weight is 347 g/mol. The number of carbonyl (C=O) groups excluding carboxylic acids is 1. The fourth-order valence-electron chi connectivity index (χ4n) is 2.73. The summed E-state index contributed by atoms with van der Waals surface area (Å²) < 4.78 is 51.9. The third-order valence-corrected chi connectivity index (χ3v) is 5.64. The number of amides is 1. The summed E-state index contributed by atoms with van der Waals surface area (Å²) >= 11 is 0. The van der Waals surface area contributed by atoms with Crippen molar-refractivity contribution in [2.45, 2.75) is 26.9 Å². The molecule has 128 valence electrons. The number of halogens is 2. The summed E-state index contributed by atoms with van der Waals surface area (Å²) in [5, 5.41) is 2.70. The molecule has 1 aromatic rings. The summed E-state index contributed by atoms with van der Waals surface area (Å²) in [6, 6.07) is 2.96. The molecule has 1 aliphatic heterocycles. The molecule has 0 unspecified atom stereocenters. The number of benzene rings is 1. The SMILES string of the molecule is Cc1cc(C(=O)NC[C@@H]2CCS(=O)(=O)C2)cc(C)c1OC(F)F. The lowest BCUT2D eigenvalue weighted by Gasteiger charge is -2.14. The summed E-state index contributed by atoms with van der Waals surface area (Å²) in [5.74, 6) is -0.118. The van der Waals surface area contributed by atoms with Crippen LogP contribution in [0.3, 0.4) is 0 Å². The molecular formula is C15H19F2NO4S. The van der Waals surface area contributed by atoms with Gasteiger partial charge in [0, 0.05) is 12.1 Å². The Bertz CT molecular complexity index is 680. The van der Waals surface area contributed by atoms with Crippen LogP contribution in [0.4, 0.5) is 8.78 Å². The van der Waals surface area contributed by atoms with E-state index in [1.807, 2.05) is 0 Å². The van der Waals surface area contributed by atoms with Gasteiger partial charge in [-0.25, -0.2) is 8.42 Å². The molecule has 1 atom stereocenters. The first kappa shape index (κ1) is 17.7. The van der Waals surface area contributed by atoms with Crippen LogP contribution in [0.2, 0.25) is 0 Å². The number of rotatable bonds is 5. The van der Waals surface area contributed by atoms with Crippen LogP contribution in [0.1, 0.15) is 27.9 Å². The highest BCUT2D eigenvalue weighted by Crippen LogP contribution is 2.26. The maximum absolute atomic E-state index is 12.3. The predicted octanol–water partition coefficient (Wildman–Crippen LogP) is 2.07. The molecule has 1 aliphatic rings. The van der Waals surface area contributed by atoms with E-state index in [0.717, 1.165) is 0 Å². The minimum absolute atomic E-state index is 0.0680. The monoisotopic (exact) mass is 347 g/mol. The maximum Gasteiger partial charge on any atom is 0.387 e. The van der Waals surface area contributed by atoms with Crippen molar-refractivity contribution in [3.05, 3.63) is 28.8 Å². The van der Waals surface area contributed by atoms with Crippen LogP contribution in [0.25, 0.3) is 0 Å². The first-order valence-electron chi connectivity index (χ1n) is 7.22. The van der Waals surface area contributed by atoms with E-state index in [1.54, 1.807) is 13.8 Å². The van der Waals surface area contributed by atoms with Crippen LogP contribution < -0.4 is 10.1 Å². The van der Waals surface area contributed by atoms with Gasteiger partial charge in [0.15, 0.2) is 9.84 Å². The molecule has 1 amide bonds. The van der Waals surface area contributed by atoms with Gasteiger partial charge in [0.25, 0.3) is 5.91 Å². The molecule has 1 aromatic carbocycles. The Morgan fingerprint density at radius 3 is 2.43 bits per heavy atom. The molecular weight excluding hydrogens is 328 g/mol. The van der Waals surface area contributed by atoms with E-state index in [1.165, 1.54) is 12.1 Å². The third kappa shape index (κ3) is 4.63. The smallest absolute Gasteiger partial charge is 0.387 e. The van der Waals surface area contributed by atoms with Crippen molar-refractivity contribution in [3.8, 4) is 5.75 Å². The fraction of sp³-hybridized carbons (Fsp3) is 0.533. The molecule has 8 heteroatoms. The van der Waals surface area contributed by atoms with Gasteiger partial charge in [-0.1, -0.05) is 0 Å². The number of ether oxygens (including phenoxy) is 1. The Hall–Kier alpha value is -1.70. The molecule has 0 aromatic heterocycles. The Labute approximate surface area is 133 Å². The fourth-order valence-corrected chi connectivity index (χ4v) is 4.59. The highest BCUT2D eigenvalue weighted by Gasteiger charge is 2.28. The molecule has 0 radical (unpaired) electrons. The molecule has 0 saturated carbocycles. The van der Waals surface area contributed by atoms with Gasteiger partial charge in [0.1, 0.15) is 5.75 Å². The molecule has 1 N–H and O–H groups in total. The second kappa shape index (κ2) is 6.82. The highest BCUT2D eigenvalue weighted by molar-refractivity contribution is 7.91. The molecule has 1 heterocycles. The van der Waals surface area contributed by atoms with E-state index < -0.39 is 16.4 Å². The first-order valence-corrected chi connectivity index (χ1v) is 9.05. The van der Waals surface area contributed by atoms with Crippen molar-refractivity contribution in [2.75, 3.05) is 18.1 Å². The maximum atomic E-state index is 12.3. The van der Waals surface area contributed by atoms with Gasteiger partial charge in [0.05, 0.1) is 11.5 Å². The van der Waals surface area contributed by atoms with Crippen LogP contribution in [0.15, 0.2) is 12.1 Å². The van der Waals surface area contributed by atoms with Crippen molar-refractivity contribution < 1.29 is 26.7 Å². The summed E-state index contributed by atoms with van der Waals surface area (Å²) in [4.78, 5) is 12.2. The number of nitrogens with one attached hydrogen (secondary N) is 1. The number of hydrogen-bond acceptors (Lipinski definition) is 4. The molecule has 23 heavy (non-hydrogen) atoms. The van der Waals surface area contributed by atoms with Gasteiger partial charge in [-0.05, 0) is 49.4 Å². The van der Waals surface area contributed by atoms with Crippen LogP contribution >= 0.6 is 0 Å². The zero-order valence-corrected chi connectivity index (χ0v) is 13.8. The Kier molecular flexibility index (Phi) is 5.23. The lowest BCUT2D eigenvalue weighted by atomic mass is 10.0. The number of hydrogen-bond donors (Lipinski definition) is 1. The van der Waals surface area contributed by atoms with E-state index in [2.05, 4.69) is 10.1 Å². The first-order chi connectivity index (χ1) is 10.7. The van der Waals surface area contributed by atoms with Gasteiger partial charge in [-0.15, -0.1) is 0 Å². The predicted molar refractivity (Wildman–Crippen MR) is 81.6 cm³/mol. The van der Waals surface area contributed by atoms with Gasteiger partial charge >= 0.3 is 6.61 Å². The van der Waals surface area contributed by atoms with Crippen molar-refractivity contribution in [1.82, 2.24) is 5.32 Å². The Balaban J connectivity index is 2.02. The van der Waals surface area contributed by atoms with E-state index in [-0.39, 0.29) is 35.6 Å².